The molecule has 4 aromatic rings. The number of methoxy groups -OCH3 is 1. The second kappa shape index (κ2) is 11.6. The van der Waals surface area contributed by atoms with Crippen molar-refractivity contribution in [3.63, 3.8) is 0 Å². The molecule has 1 fully saturated rings. The molecule has 1 heterocycles. The van der Waals surface area contributed by atoms with E-state index in [4.69, 9.17) is 48.8 Å². The summed E-state index contributed by atoms with van der Waals surface area (Å²) < 4.78 is 16.5. The summed E-state index contributed by atoms with van der Waals surface area (Å²) in [7, 11) is 1.19. The summed E-state index contributed by atoms with van der Waals surface area (Å²) >= 11 is 19.4. The summed E-state index contributed by atoms with van der Waals surface area (Å²) in [5, 5.41) is 16.6. The summed E-state index contributed by atoms with van der Waals surface area (Å²) in [6.07, 6.45) is 2.01. The van der Waals surface area contributed by atoms with Gasteiger partial charge >= 0.3 is 5.97 Å². The van der Waals surface area contributed by atoms with Crippen molar-refractivity contribution in [2.45, 2.75) is 25.4 Å². The number of hydrogen-bond donors (Lipinski definition) is 0. The number of carbonyl (C=O) groups excluding carboxylic acids is 1. The van der Waals surface area contributed by atoms with Crippen molar-refractivity contribution in [1.29, 1.82) is 0 Å². The normalized spacial score (nSPS) is 12.4. The highest BCUT2D eigenvalue weighted by Crippen LogP contribution is 2.46. The first-order chi connectivity index (χ1) is 19.3. The van der Waals surface area contributed by atoms with Gasteiger partial charge in [0, 0.05) is 40.8 Å². The molecule has 0 unspecified atom stereocenters. The molecule has 0 amide bonds. The largest absolute Gasteiger partial charge is 0.489 e. The second-order valence-electron chi connectivity index (χ2n) is 8.90. The lowest BCUT2D eigenvalue weighted by Gasteiger charge is -2.10. The molecule has 0 radical (unpaired) electrons. The average Bonchev–Trinajstić information content (AvgIpc) is 3.70. The van der Waals surface area contributed by atoms with E-state index in [1.165, 1.54) is 19.2 Å². The monoisotopic (exact) mass is 596 g/mol. The molecule has 0 aliphatic heterocycles. The molecular formula is C29H19Cl3N2O6. The molecule has 8 nitrogen and oxygen atoms in total. The van der Waals surface area contributed by atoms with Gasteiger partial charge in [0.1, 0.15) is 23.8 Å². The Kier molecular flexibility index (Phi) is 7.99. The zero-order chi connectivity index (χ0) is 28.4. The van der Waals surface area contributed by atoms with E-state index in [2.05, 4.69) is 17.0 Å². The lowest BCUT2D eigenvalue weighted by Crippen LogP contribution is -2.05. The first-order valence-corrected chi connectivity index (χ1v) is 13.1. The fraction of sp³-hybridized carbons (Fsp3) is 0.172. The molecule has 11 heteroatoms. The number of rotatable bonds is 7. The number of esters is 1. The second-order valence-corrected chi connectivity index (χ2v) is 10.1. The van der Waals surface area contributed by atoms with E-state index in [1.807, 2.05) is 0 Å². The van der Waals surface area contributed by atoms with Crippen LogP contribution in [0, 0.1) is 22.0 Å². The number of nitro groups is 1. The van der Waals surface area contributed by atoms with Crippen LogP contribution in [0.2, 0.25) is 15.1 Å². The van der Waals surface area contributed by atoms with Crippen LogP contribution in [0.25, 0.3) is 11.3 Å². The average molecular weight is 598 g/mol. The van der Waals surface area contributed by atoms with Crippen molar-refractivity contribution in [3.8, 4) is 28.8 Å². The van der Waals surface area contributed by atoms with Gasteiger partial charge in [0.15, 0.2) is 0 Å². The summed E-state index contributed by atoms with van der Waals surface area (Å²) in [4.78, 5) is 22.6. The first-order valence-electron chi connectivity index (χ1n) is 12.0. The van der Waals surface area contributed by atoms with Crippen LogP contribution in [0.15, 0.2) is 59.1 Å². The first kappa shape index (κ1) is 27.5. The van der Waals surface area contributed by atoms with Gasteiger partial charge in [0.25, 0.3) is 5.69 Å². The number of benzene rings is 3. The predicted octanol–water partition coefficient (Wildman–Crippen LogP) is 7.85. The van der Waals surface area contributed by atoms with Gasteiger partial charge in [-0.05, 0) is 43.2 Å². The van der Waals surface area contributed by atoms with E-state index in [0.29, 0.717) is 37.6 Å². The molecule has 1 saturated carbocycles. The number of hydrogen-bond acceptors (Lipinski definition) is 7. The molecule has 202 valence electrons. The van der Waals surface area contributed by atoms with E-state index in [9.17, 15) is 14.9 Å². The van der Waals surface area contributed by atoms with Crippen LogP contribution in [-0.2, 0) is 11.3 Å². The number of nitro benzene ring substituents is 1. The van der Waals surface area contributed by atoms with Crippen LogP contribution >= 0.6 is 34.8 Å². The highest BCUT2D eigenvalue weighted by atomic mass is 35.5. The molecule has 1 aliphatic carbocycles. The highest BCUT2D eigenvalue weighted by Gasteiger charge is 2.33. The fourth-order valence-corrected chi connectivity index (χ4v) is 4.85. The van der Waals surface area contributed by atoms with Gasteiger partial charge in [-0.25, -0.2) is 4.79 Å². The summed E-state index contributed by atoms with van der Waals surface area (Å²) in [6.45, 7) is 0.152. The van der Waals surface area contributed by atoms with E-state index < -0.39 is 10.9 Å². The van der Waals surface area contributed by atoms with Crippen molar-refractivity contribution in [3.05, 3.63) is 108 Å². The topological polar surface area (TPSA) is 105 Å². The molecule has 1 aromatic heterocycles. The molecule has 40 heavy (non-hydrogen) atoms. The van der Waals surface area contributed by atoms with Crippen molar-refractivity contribution in [2.24, 2.45) is 0 Å². The zero-order valence-electron chi connectivity index (χ0n) is 20.9. The molecule has 0 bridgehead atoms. The quantitative estimate of drug-likeness (QED) is 0.0924. The molecule has 0 N–H and O–H groups in total. The Hall–Kier alpha value is -4.03. The van der Waals surface area contributed by atoms with E-state index >= 15 is 0 Å². The Morgan fingerprint density at radius 3 is 2.40 bits per heavy atom. The Bertz CT molecular complexity index is 1680. The minimum absolute atomic E-state index is 0.0186. The predicted molar refractivity (Wildman–Crippen MR) is 150 cm³/mol. The SMILES string of the molecule is COC(=O)c1cc([N+](=O)[O-])ccc1C#Cc1ccc(OCc2c(-c3c(Cl)cccc3Cl)noc2C2CC2)cc1Cl. The number of carbonyl (C=O) groups is 1. The third-order valence-corrected chi connectivity index (χ3v) is 7.18. The van der Waals surface area contributed by atoms with Crippen LogP contribution in [0.4, 0.5) is 5.69 Å². The summed E-state index contributed by atoms with van der Waals surface area (Å²) in [6, 6.07) is 14.0. The molecule has 0 saturated heterocycles. The van der Waals surface area contributed by atoms with Gasteiger partial charge in [-0.1, -0.05) is 57.9 Å². The lowest BCUT2D eigenvalue weighted by atomic mass is 10.0. The maximum atomic E-state index is 12.1. The Labute approximate surface area is 243 Å². The number of nitrogens with zero attached hydrogens (tertiary/aromatic N) is 2. The minimum atomic E-state index is -0.736. The lowest BCUT2D eigenvalue weighted by molar-refractivity contribution is -0.384. The smallest absolute Gasteiger partial charge is 0.339 e. The molecule has 5 rings (SSSR count). The standard InChI is InChI=1S/C29H19Cl3N2O6/c1-38-29(35)21-13-19(34(36)37)11-9-16(21)5-6-17-10-12-20(14-25(17)32)39-15-22-27(33-40-28(22)18-7-8-18)26-23(30)3-2-4-24(26)31/h2-4,9-14,18H,7-8,15H2,1H3. The minimum Gasteiger partial charge on any atom is -0.489 e. The van der Waals surface area contributed by atoms with Crippen LogP contribution in [0.5, 0.6) is 5.75 Å². The fourth-order valence-electron chi connectivity index (χ4n) is 4.06. The maximum absolute atomic E-state index is 12.1. The van der Waals surface area contributed by atoms with Gasteiger partial charge in [0.2, 0.25) is 0 Å². The van der Waals surface area contributed by atoms with E-state index in [0.717, 1.165) is 30.2 Å². The number of aromatic nitrogens is 1. The Morgan fingerprint density at radius 2 is 1.75 bits per heavy atom. The van der Waals surface area contributed by atoms with Gasteiger partial charge in [-0.2, -0.15) is 0 Å². The number of non-ortho nitro benzene ring substituents is 1. The van der Waals surface area contributed by atoms with Gasteiger partial charge in [-0.15, -0.1) is 0 Å². The van der Waals surface area contributed by atoms with Gasteiger partial charge in [-0.3, -0.25) is 10.1 Å². The van der Waals surface area contributed by atoms with Crippen molar-refractivity contribution < 1.29 is 23.7 Å². The third kappa shape index (κ3) is 5.77. The van der Waals surface area contributed by atoms with Crippen LogP contribution < -0.4 is 4.74 Å². The Morgan fingerprint density at radius 1 is 1.05 bits per heavy atom. The maximum Gasteiger partial charge on any atom is 0.339 e. The highest BCUT2D eigenvalue weighted by molar-refractivity contribution is 6.39. The van der Waals surface area contributed by atoms with Crippen molar-refractivity contribution in [1.82, 2.24) is 5.16 Å². The van der Waals surface area contributed by atoms with Gasteiger partial charge < -0.3 is 14.0 Å². The molecule has 0 atom stereocenters. The van der Waals surface area contributed by atoms with Gasteiger partial charge in [0.05, 0.1) is 38.2 Å². The van der Waals surface area contributed by atoms with Crippen molar-refractivity contribution >= 4 is 46.5 Å². The molecule has 0 spiro atoms. The molecule has 1 aliphatic rings. The zero-order valence-corrected chi connectivity index (χ0v) is 23.1. The summed E-state index contributed by atoms with van der Waals surface area (Å²) in [5.41, 5.74) is 2.36. The summed E-state index contributed by atoms with van der Waals surface area (Å²) in [5.74, 6) is 6.52. The van der Waals surface area contributed by atoms with Crippen LogP contribution in [0.1, 0.15) is 51.6 Å². The number of ether oxygens (including phenoxy) is 2. The number of halogens is 3. The van der Waals surface area contributed by atoms with E-state index in [1.54, 1.807) is 36.4 Å². The van der Waals surface area contributed by atoms with Crippen LogP contribution in [0.3, 0.4) is 0 Å². The van der Waals surface area contributed by atoms with Crippen LogP contribution in [-0.4, -0.2) is 23.2 Å². The van der Waals surface area contributed by atoms with E-state index in [-0.39, 0.29) is 29.3 Å². The molecule has 3 aromatic carbocycles. The molecular weight excluding hydrogens is 579 g/mol. The third-order valence-electron chi connectivity index (χ3n) is 6.24. The van der Waals surface area contributed by atoms with Crippen molar-refractivity contribution in [2.75, 3.05) is 7.11 Å². The Balaban J connectivity index is 1.39.